The molecule has 1 fully saturated rings. The zero-order valence-electron chi connectivity index (χ0n) is 10.1. The molecule has 1 aliphatic carbocycles. The lowest BCUT2D eigenvalue weighted by Crippen LogP contribution is -2.48. The van der Waals surface area contributed by atoms with Crippen molar-refractivity contribution in [3.05, 3.63) is 0 Å². The zero-order valence-corrected chi connectivity index (χ0v) is 10.1. The summed E-state index contributed by atoms with van der Waals surface area (Å²) in [5.74, 6) is 0.731. The van der Waals surface area contributed by atoms with Gasteiger partial charge in [0.1, 0.15) is 5.54 Å². The first kappa shape index (κ1) is 12.5. The van der Waals surface area contributed by atoms with Gasteiger partial charge in [0.2, 0.25) is 0 Å². The first-order chi connectivity index (χ1) is 7.06. The van der Waals surface area contributed by atoms with Crippen molar-refractivity contribution in [2.24, 2.45) is 5.92 Å². The van der Waals surface area contributed by atoms with Crippen LogP contribution in [-0.4, -0.2) is 24.7 Å². The normalized spacial score (nSPS) is 17.3. The van der Waals surface area contributed by atoms with Crippen molar-refractivity contribution in [1.29, 1.82) is 0 Å². The summed E-state index contributed by atoms with van der Waals surface area (Å²) in [6.07, 6.45) is 5.29. The lowest BCUT2D eigenvalue weighted by atomic mass is 9.83. The maximum Gasteiger partial charge on any atom is 0.325 e. The molecule has 88 valence electrons. The van der Waals surface area contributed by atoms with Crippen LogP contribution in [0.3, 0.4) is 0 Å². The largest absolute Gasteiger partial charge is 0.465 e. The van der Waals surface area contributed by atoms with Crippen molar-refractivity contribution in [3.8, 4) is 0 Å². The van der Waals surface area contributed by atoms with Crippen molar-refractivity contribution in [2.45, 2.75) is 52.0 Å². The molecule has 0 aliphatic heterocycles. The van der Waals surface area contributed by atoms with Gasteiger partial charge in [0.15, 0.2) is 0 Å². The molecule has 1 N–H and O–H groups in total. The maximum absolute atomic E-state index is 11.5. The highest BCUT2D eigenvalue weighted by Gasteiger charge is 2.28. The molecule has 0 saturated heterocycles. The molecular formula is C12H23NO2. The highest BCUT2D eigenvalue weighted by molar-refractivity contribution is 5.79. The quantitative estimate of drug-likeness (QED) is 0.687. The Morgan fingerprint density at radius 2 is 2.13 bits per heavy atom. The number of esters is 1. The predicted molar refractivity (Wildman–Crippen MR) is 60.7 cm³/mol. The van der Waals surface area contributed by atoms with Crippen molar-refractivity contribution < 1.29 is 9.53 Å². The Balaban J connectivity index is 2.18. The number of hydrogen-bond acceptors (Lipinski definition) is 3. The lowest BCUT2D eigenvalue weighted by Gasteiger charge is -2.28. The lowest BCUT2D eigenvalue weighted by molar-refractivity contribution is -0.149. The standard InChI is InChI=1S/C12H23NO2/c1-4-15-11(14)12(2,3)13-9-8-10-6-5-7-10/h10,13H,4-9H2,1-3H3. The van der Waals surface area contributed by atoms with Crippen molar-refractivity contribution in [2.75, 3.05) is 13.2 Å². The average Bonchev–Trinajstić information content (AvgIpc) is 2.10. The van der Waals surface area contributed by atoms with E-state index in [1.807, 2.05) is 20.8 Å². The molecule has 0 radical (unpaired) electrons. The number of rotatable bonds is 6. The zero-order chi connectivity index (χ0) is 11.3. The van der Waals surface area contributed by atoms with Gasteiger partial charge in [-0.25, -0.2) is 0 Å². The van der Waals surface area contributed by atoms with E-state index in [4.69, 9.17) is 4.74 Å². The third-order valence-corrected chi connectivity index (χ3v) is 3.13. The fourth-order valence-corrected chi connectivity index (χ4v) is 1.75. The molecular weight excluding hydrogens is 190 g/mol. The number of nitrogens with one attached hydrogen (secondary N) is 1. The van der Waals surface area contributed by atoms with E-state index < -0.39 is 5.54 Å². The first-order valence-electron chi connectivity index (χ1n) is 5.98. The third kappa shape index (κ3) is 3.82. The molecule has 0 bridgehead atoms. The van der Waals surface area contributed by atoms with E-state index >= 15 is 0 Å². The molecule has 0 aromatic heterocycles. The minimum atomic E-state index is -0.542. The molecule has 1 rings (SSSR count). The van der Waals surface area contributed by atoms with E-state index in [2.05, 4.69) is 5.32 Å². The molecule has 0 aromatic rings. The summed E-state index contributed by atoms with van der Waals surface area (Å²) in [5, 5.41) is 3.27. The van der Waals surface area contributed by atoms with Gasteiger partial charge < -0.3 is 10.1 Å². The highest BCUT2D eigenvalue weighted by atomic mass is 16.5. The van der Waals surface area contributed by atoms with Gasteiger partial charge in [0, 0.05) is 0 Å². The molecule has 0 aromatic carbocycles. The van der Waals surface area contributed by atoms with Crippen molar-refractivity contribution >= 4 is 5.97 Å². The van der Waals surface area contributed by atoms with Gasteiger partial charge in [-0.15, -0.1) is 0 Å². The monoisotopic (exact) mass is 213 g/mol. The van der Waals surface area contributed by atoms with Crippen molar-refractivity contribution in [1.82, 2.24) is 5.32 Å². The van der Waals surface area contributed by atoms with Crippen LogP contribution in [0.2, 0.25) is 0 Å². The van der Waals surface area contributed by atoms with Crippen LogP contribution in [0, 0.1) is 5.92 Å². The minimum Gasteiger partial charge on any atom is -0.465 e. The Kier molecular flexibility index (Phi) is 4.58. The van der Waals surface area contributed by atoms with Crippen LogP contribution in [0.25, 0.3) is 0 Å². The number of ether oxygens (including phenoxy) is 1. The molecule has 0 amide bonds. The van der Waals surface area contributed by atoms with E-state index in [1.165, 1.54) is 25.7 Å². The molecule has 1 aliphatic rings. The van der Waals surface area contributed by atoms with E-state index in [1.54, 1.807) is 0 Å². The van der Waals surface area contributed by atoms with Crippen LogP contribution in [0.5, 0.6) is 0 Å². The van der Waals surface area contributed by atoms with Crippen LogP contribution in [-0.2, 0) is 9.53 Å². The van der Waals surface area contributed by atoms with Gasteiger partial charge in [-0.2, -0.15) is 0 Å². The van der Waals surface area contributed by atoms with Crippen molar-refractivity contribution in [3.63, 3.8) is 0 Å². The Hall–Kier alpha value is -0.570. The van der Waals surface area contributed by atoms with Crippen LogP contribution in [0.4, 0.5) is 0 Å². The fourth-order valence-electron chi connectivity index (χ4n) is 1.75. The van der Waals surface area contributed by atoms with Gasteiger partial charge in [0.05, 0.1) is 6.61 Å². The smallest absolute Gasteiger partial charge is 0.325 e. The Bertz CT molecular complexity index is 210. The summed E-state index contributed by atoms with van der Waals surface area (Å²) in [4.78, 5) is 11.5. The van der Waals surface area contributed by atoms with E-state index in [9.17, 15) is 4.79 Å². The molecule has 1 saturated carbocycles. The molecule has 0 unspecified atom stereocenters. The predicted octanol–water partition coefficient (Wildman–Crippen LogP) is 2.11. The summed E-state index contributed by atoms with van der Waals surface area (Å²) >= 11 is 0. The highest BCUT2D eigenvalue weighted by Crippen LogP contribution is 2.28. The van der Waals surface area contributed by atoms with E-state index in [-0.39, 0.29) is 5.97 Å². The number of hydrogen-bond donors (Lipinski definition) is 1. The molecule has 0 heterocycles. The van der Waals surface area contributed by atoms with Gasteiger partial charge in [-0.3, -0.25) is 4.79 Å². The molecule has 0 atom stereocenters. The Labute approximate surface area is 92.6 Å². The maximum atomic E-state index is 11.5. The van der Waals surface area contributed by atoms with Gasteiger partial charge >= 0.3 is 5.97 Å². The van der Waals surface area contributed by atoms with Gasteiger partial charge in [0.25, 0.3) is 0 Å². The summed E-state index contributed by atoms with van der Waals surface area (Å²) < 4.78 is 5.00. The summed E-state index contributed by atoms with van der Waals surface area (Å²) in [5.41, 5.74) is -0.542. The molecule has 0 spiro atoms. The summed E-state index contributed by atoms with van der Waals surface area (Å²) in [7, 11) is 0. The first-order valence-corrected chi connectivity index (χ1v) is 5.98. The third-order valence-electron chi connectivity index (χ3n) is 3.13. The van der Waals surface area contributed by atoms with E-state index in [0.717, 1.165) is 12.5 Å². The topological polar surface area (TPSA) is 38.3 Å². The van der Waals surface area contributed by atoms with Crippen LogP contribution in [0.15, 0.2) is 0 Å². The second-order valence-corrected chi connectivity index (χ2v) is 4.86. The molecule has 3 nitrogen and oxygen atoms in total. The van der Waals surface area contributed by atoms with E-state index in [0.29, 0.717) is 6.61 Å². The SMILES string of the molecule is CCOC(=O)C(C)(C)NCCC1CCC1. The second-order valence-electron chi connectivity index (χ2n) is 4.86. The molecule has 3 heteroatoms. The number of carbonyl (C=O) groups is 1. The molecule has 15 heavy (non-hydrogen) atoms. The summed E-state index contributed by atoms with van der Waals surface area (Å²) in [6.45, 7) is 6.96. The fraction of sp³-hybridized carbons (Fsp3) is 0.917. The van der Waals surface area contributed by atoms with Gasteiger partial charge in [-0.05, 0) is 39.7 Å². The van der Waals surface area contributed by atoms with Crippen LogP contribution >= 0.6 is 0 Å². The van der Waals surface area contributed by atoms with Crippen LogP contribution < -0.4 is 5.32 Å². The summed E-state index contributed by atoms with van der Waals surface area (Å²) in [6, 6.07) is 0. The van der Waals surface area contributed by atoms with Gasteiger partial charge in [-0.1, -0.05) is 19.3 Å². The Morgan fingerprint density at radius 3 is 2.60 bits per heavy atom. The van der Waals surface area contributed by atoms with Crippen LogP contribution in [0.1, 0.15) is 46.5 Å². The Morgan fingerprint density at radius 1 is 1.47 bits per heavy atom. The number of carbonyl (C=O) groups excluding carboxylic acids is 1. The average molecular weight is 213 g/mol. The minimum absolute atomic E-state index is 0.154. The second kappa shape index (κ2) is 5.50.